The van der Waals surface area contributed by atoms with E-state index in [-0.39, 0.29) is 11.8 Å². The fourth-order valence-corrected chi connectivity index (χ4v) is 3.35. The third-order valence-corrected chi connectivity index (χ3v) is 4.97. The van der Waals surface area contributed by atoms with E-state index in [9.17, 15) is 14.4 Å². The zero-order valence-electron chi connectivity index (χ0n) is 14.0. The van der Waals surface area contributed by atoms with Crippen LogP contribution in [-0.4, -0.2) is 36.7 Å². The van der Waals surface area contributed by atoms with Crippen LogP contribution in [0.5, 0.6) is 0 Å². The summed E-state index contributed by atoms with van der Waals surface area (Å²) in [6.45, 7) is 1.35. The third kappa shape index (κ3) is 4.50. The number of amides is 1. The number of anilines is 1. The molecule has 1 saturated heterocycles. The van der Waals surface area contributed by atoms with Gasteiger partial charge in [-0.05, 0) is 24.3 Å². The Kier molecular flexibility index (Phi) is 6.04. The van der Waals surface area contributed by atoms with E-state index in [4.69, 9.17) is 4.74 Å². The highest BCUT2D eigenvalue weighted by Gasteiger charge is 2.19. The maximum absolute atomic E-state index is 12.8. The van der Waals surface area contributed by atoms with Crippen LogP contribution in [0.2, 0.25) is 0 Å². The standard InChI is InChI=1S/C19H18N2O4S/c22-11-14-1-3-15(4-2-14)17(9-13-5-7-25-8-6-13)18(24)21-19-20-10-16(12-23)26-19/h1-4,9-13H,5-8H2,(H,20,21,24)/b17-9+. The Morgan fingerprint density at radius 1 is 1.15 bits per heavy atom. The molecule has 7 heteroatoms. The van der Waals surface area contributed by atoms with Gasteiger partial charge in [0.2, 0.25) is 0 Å². The van der Waals surface area contributed by atoms with Crippen LogP contribution in [0.3, 0.4) is 0 Å². The highest BCUT2D eigenvalue weighted by atomic mass is 32.1. The zero-order valence-corrected chi connectivity index (χ0v) is 14.8. The van der Waals surface area contributed by atoms with Gasteiger partial charge in [0.25, 0.3) is 5.91 Å². The van der Waals surface area contributed by atoms with E-state index in [1.54, 1.807) is 24.3 Å². The molecule has 1 aliphatic heterocycles. The lowest BCUT2D eigenvalue weighted by molar-refractivity contribution is -0.111. The molecule has 26 heavy (non-hydrogen) atoms. The second-order valence-electron chi connectivity index (χ2n) is 5.91. The number of carbonyl (C=O) groups is 3. The summed E-state index contributed by atoms with van der Waals surface area (Å²) < 4.78 is 5.38. The largest absolute Gasteiger partial charge is 0.381 e. The number of nitrogens with one attached hydrogen (secondary N) is 1. The molecular weight excluding hydrogens is 352 g/mol. The predicted molar refractivity (Wildman–Crippen MR) is 99.5 cm³/mol. The van der Waals surface area contributed by atoms with E-state index >= 15 is 0 Å². The summed E-state index contributed by atoms with van der Waals surface area (Å²) in [5.74, 6) is -0.0424. The molecule has 2 aromatic rings. The van der Waals surface area contributed by atoms with E-state index in [1.165, 1.54) is 6.20 Å². The molecule has 1 amide bonds. The number of benzene rings is 1. The molecule has 0 aliphatic carbocycles. The van der Waals surface area contributed by atoms with Crippen molar-refractivity contribution in [1.29, 1.82) is 0 Å². The molecule has 0 spiro atoms. The minimum atomic E-state index is -0.290. The van der Waals surface area contributed by atoms with Crippen molar-refractivity contribution in [1.82, 2.24) is 4.98 Å². The smallest absolute Gasteiger partial charge is 0.257 e. The summed E-state index contributed by atoms with van der Waals surface area (Å²) in [6, 6.07) is 6.88. The third-order valence-electron chi connectivity index (χ3n) is 4.13. The van der Waals surface area contributed by atoms with E-state index in [2.05, 4.69) is 10.3 Å². The molecule has 1 N–H and O–H groups in total. The molecule has 1 aromatic carbocycles. The van der Waals surface area contributed by atoms with Crippen LogP contribution in [0, 0.1) is 5.92 Å². The van der Waals surface area contributed by atoms with Crippen molar-refractivity contribution in [2.24, 2.45) is 5.92 Å². The number of carbonyl (C=O) groups excluding carboxylic acids is 3. The maximum atomic E-state index is 12.8. The maximum Gasteiger partial charge on any atom is 0.257 e. The van der Waals surface area contributed by atoms with Gasteiger partial charge in [-0.3, -0.25) is 19.7 Å². The molecular formula is C19H18N2O4S. The Balaban J connectivity index is 1.87. The van der Waals surface area contributed by atoms with Crippen LogP contribution in [0.25, 0.3) is 5.57 Å². The molecule has 3 rings (SSSR count). The second kappa shape index (κ2) is 8.64. The van der Waals surface area contributed by atoms with Crippen LogP contribution in [-0.2, 0) is 9.53 Å². The van der Waals surface area contributed by atoms with Crippen molar-refractivity contribution in [3.63, 3.8) is 0 Å². The van der Waals surface area contributed by atoms with E-state index in [0.717, 1.165) is 36.0 Å². The van der Waals surface area contributed by atoms with Crippen molar-refractivity contribution in [2.45, 2.75) is 12.8 Å². The van der Waals surface area contributed by atoms with Gasteiger partial charge in [0.15, 0.2) is 11.4 Å². The van der Waals surface area contributed by atoms with Gasteiger partial charge in [-0.25, -0.2) is 4.98 Å². The zero-order chi connectivity index (χ0) is 18.4. The lowest BCUT2D eigenvalue weighted by atomic mass is 9.93. The summed E-state index contributed by atoms with van der Waals surface area (Å²) in [6.07, 6.45) is 6.56. The molecule has 0 saturated carbocycles. The minimum Gasteiger partial charge on any atom is -0.381 e. The quantitative estimate of drug-likeness (QED) is 0.623. The molecule has 0 unspecified atom stereocenters. The predicted octanol–water partition coefficient (Wildman–Crippen LogP) is 3.22. The van der Waals surface area contributed by atoms with Gasteiger partial charge in [0, 0.05) is 24.4 Å². The molecule has 0 atom stereocenters. The fourth-order valence-electron chi connectivity index (χ4n) is 2.73. The summed E-state index contributed by atoms with van der Waals surface area (Å²) in [7, 11) is 0. The molecule has 6 nitrogen and oxygen atoms in total. The monoisotopic (exact) mass is 370 g/mol. The number of hydrogen-bond acceptors (Lipinski definition) is 6. The Labute approximate surface area is 154 Å². The molecule has 0 radical (unpaired) electrons. The first-order valence-corrected chi connectivity index (χ1v) is 9.09. The summed E-state index contributed by atoms with van der Waals surface area (Å²) in [4.78, 5) is 39.0. The average molecular weight is 370 g/mol. The molecule has 0 bridgehead atoms. The van der Waals surface area contributed by atoms with Crippen molar-refractivity contribution in [3.05, 3.63) is 52.5 Å². The highest BCUT2D eigenvalue weighted by molar-refractivity contribution is 7.17. The molecule has 2 heterocycles. The van der Waals surface area contributed by atoms with Gasteiger partial charge >= 0.3 is 0 Å². The lowest BCUT2D eigenvalue weighted by Gasteiger charge is -2.20. The number of hydrogen-bond donors (Lipinski definition) is 1. The first-order valence-electron chi connectivity index (χ1n) is 8.27. The van der Waals surface area contributed by atoms with Gasteiger partial charge in [0.05, 0.1) is 11.1 Å². The van der Waals surface area contributed by atoms with Crippen LogP contribution in [0.15, 0.2) is 36.5 Å². The Hall–Kier alpha value is -2.64. The first kappa shape index (κ1) is 18.2. The Morgan fingerprint density at radius 3 is 2.50 bits per heavy atom. The molecule has 1 aliphatic rings. The second-order valence-corrected chi connectivity index (χ2v) is 6.97. The van der Waals surface area contributed by atoms with Crippen LogP contribution >= 0.6 is 11.3 Å². The Bertz CT molecular complexity index is 820. The average Bonchev–Trinajstić information content (AvgIpc) is 3.14. The van der Waals surface area contributed by atoms with E-state index in [0.29, 0.717) is 40.6 Å². The first-order chi connectivity index (χ1) is 12.7. The van der Waals surface area contributed by atoms with Crippen molar-refractivity contribution >= 4 is 40.5 Å². The highest BCUT2D eigenvalue weighted by Crippen LogP contribution is 2.25. The van der Waals surface area contributed by atoms with Gasteiger partial charge in [-0.2, -0.15) is 0 Å². The van der Waals surface area contributed by atoms with Crippen molar-refractivity contribution in [2.75, 3.05) is 18.5 Å². The normalized spacial score (nSPS) is 15.5. The molecule has 134 valence electrons. The van der Waals surface area contributed by atoms with Gasteiger partial charge in [-0.15, -0.1) is 0 Å². The van der Waals surface area contributed by atoms with Crippen LogP contribution in [0.1, 0.15) is 38.4 Å². The van der Waals surface area contributed by atoms with Gasteiger partial charge in [0.1, 0.15) is 6.29 Å². The SMILES string of the molecule is O=Cc1ccc(/C(=C\C2CCOCC2)C(=O)Nc2ncc(C=O)s2)cc1. The van der Waals surface area contributed by atoms with Crippen molar-refractivity contribution in [3.8, 4) is 0 Å². The summed E-state index contributed by atoms with van der Waals surface area (Å²) >= 11 is 1.12. The number of ether oxygens (including phenoxy) is 1. The summed E-state index contributed by atoms with van der Waals surface area (Å²) in [5, 5.41) is 3.13. The number of thiazole rings is 1. The summed E-state index contributed by atoms with van der Waals surface area (Å²) in [5.41, 5.74) is 1.80. The van der Waals surface area contributed by atoms with E-state index < -0.39 is 0 Å². The lowest BCUT2D eigenvalue weighted by Crippen LogP contribution is -2.18. The minimum absolute atomic E-state index is 0.247. The van der Waals surface area contributed by atoms with Crippen LogP contribution < -0.4 is 5.32 Å². The molecule has 1 aromatic heterocycles. The number of nitrogens with zero attached hydrogens (tertiary/aromatic N) is 1. The van der Waals surface area contributed by atoms with E-state index in [1.807, 2.05) is 6.08 Å². The number of aldehydes is 2. The van der Waals surface area contributed by atoms with Crippen LogP contribution in [0.4, 0.5) is 5.13 Å². The Morgan fingerprint density at radius 2 is 1.88 bits per heavy atom. The molecule has 1 fully saturated rings. The fraction of sp³-hybridized carbons (Fsp3) is 0.263. The number of allylic oxidation sites excluding steroid dienone is 1. The number of aromatic nitrogens is 1. The van der Waals surface area contributed by atoms with Gasteiger partial charge in [-0.1, -0.05) is 41.7 Å². The topological polar surface area (TPSA) is 85.4 Å². The van der Waals surface area contributed by atoms with Gasteiger partial charge < -0.3 is 4.74 Å². The number of rotatable bonds is 6. The van der Waals surface area contributed by atoms with Crippen molar-refractivity contribution < 1.29 is 19.1 Å².